The summed E-state index contributed by atoms with van der Waals surface area (Å²) >= 11 is 3.56. The van der Waals surface area contributed by atoms with Gasteiger partial charge in [-0.15, -0.1) is 0 Å². The Hall–Kier alpha value is -0.540. The number of benzene rings is 1. The molecule has 1 atom stereocenters. The van der Waals surface area contributed by atoms with Gasteiger partial charge >= 0.3 is 0 Å². The molecule has 0 spiro atoms. The van der Waals surface area contributed by atoms with Crippen LogP contribution in [0.4, 0.5) is 0 Å². The average molecular weight is 324 g/mol. The van der Waals surface area contributed by atoms with E-state index < -0.39 is 0 Å². The number of hydrogen-bond donors (Lipinski definition) is 1. The van der Waals surface area contributed by atoms with Gasteiger partial charge in [0.1, 0.15) is 5.75 Å². The molecule has 2 nitrogen and oxygen atoms in total. The molecule has 104 valence electrons. The Bertz CT molecular complexity index is 468. The maximum atomic E-state index is 5.74. The number of ether oxygens (including phenoxy) is 1. The molecular weight excluding hydrogens is 302 g/mol. The van der Waals surface area contributed by atoms with Crippen molar-refractivity contribution in [3.63, 3.8) is 0 Å². The quantitative estimate of drug-likeness (QED) is 0.892. The van der Waals surface area contributed by atoms with E-state index >= 15 is 0 Å². The molecule has 1 aromatic carbocycles. The van der Waals surface area contributed by atoms with Crippen molar-refractivity contribution in [2.24, 2.45) is 11.3 Å². The van der Waals surface area contributed by atoms with Crippen molar-refractivity contribution in [1.82, 2.24) is 5.32 Å². The van der Waals surface area contributed by atoms with Gasteiger partial charge in [0, 0.05) is 29.0 Å². The third kappa shape index (κ3) is 2.68. The second kappa shape index (κ2) is 5.10. The Morgan fingerprint density at radius 3 is 2.89 bits per heavy atom. The lowest BCUT2D eigenvalue weighted by molar-refractivity contribution is 0.237. The smallest absolute Gasteiger partial charge is 0.124 e. The molecule has 1 aliphatic heterocycles. The molecule has 19 heavy (non-hydrogen) atoms. The van der Waals surface area contributed by atoms with Gasteiger partial charge in [-0.05, 0) is 42.4 Å². The molecule has 0 amide bonds. The van der Waals surface area contributed by atoms with Crippen LogP contribution in [-0.2, 0) is 0 Å². The summed E-state index contributed by atoms with van der Waals surface area (Å²) in [7, 11) is 0. The lowest BCUT2D eigenvalue weighted by Gasteiger charge is -2.30. The fourth-order valence-electron chi connectivity index (χ4n) is 3.02. The predicted molar refractivity (Wildman–Crippen MR) is 81.5 cm³/mol. The highest BCUT2D eigenvalue weighted by Gasteiger charge is 2.45. The van der Waals surface area contributed by atoms with Crippen molar-refractivity contribution < 1.29 is 4.74 Å². The van der Waals surface area contributed by atoms with Crippen LogP contribution >= 0.6 is 15.9 Å². The van der Waals surface area contributed by atoms with E-state index in [1.165, 1.54) is 18.4 Å². The molecule has 0 saturated heterocycles. The van der Waals surface area contributed by atoms with Crippen molar-refractivity contribution in [3.05, 3.63) is 28.2 Å². The summed E-state index contributed by atoms with van der Waals surface area (Å²) in [4.78, 5) is 0. The fraction of sp³-hybridized carbons (Fsp3) is 0.625. The molecule has 2 aliphatic rings. The van der Waals surface area contributed by atoms with Crippen LogP contribution in [0.2, 0.25) is 0 Å². The van der Waals surface area contributed by atoms with E-state index in [2.05, 4.69) is 53.3 Å². The summed E-state index contributed by atoms with van der Waals surface area (Å²) < 4.78 is 6.88. The fourth-order valence-corrected chi connectivity index (χ4v) is 3.40. The van der Waals surface area contributed by atoms with Crippen molar-refractivity contribution in [3.8, 4) is 5.75 Å². The molecule has 3 rings (SSSR count). The van der Waals surface area contributed by atoms with Crippen molar-refractivity contribution >= 4 is 15.9 Å². The molecule has 1 aromatic rings. The third-order valence-corrected chi connectivity index (χ3v) is 5.32. The molecule has 0 radical (unpaired) electrons. The van der Waals surface area contributed by atoms with Crippen molar-refractivity contribution in [2.75, 3.05) is 13.2 Å². The molecule has 3 heteroatoms. The van der Waals surface area contributed by atoms with E-state index in [-0.39, 0.29) is 0 Å². The van der Waals surface area contributed by atoms with Gasteiger partial charge in [-0.1, -0.05) is 29.8 Å². The molecule has 1 aliphatic carbocycles. The van der Waals surface area contributed by atoms with E-state index in [0.717, 1.165) is 35.7 Å². The SMILES string of the molecule is CC(C)C1(CNC2CCOc3ccc(Br)cc32)CC1. The Balaban J connectivity index is 1.72. The average Bonchev–Trinajstić information content (AvgIpc) is 3.17. The van der Waals surface area contributed by atoms with Crippen LogP contribution in [0.5, 0.6) is 5.75 Å². The van der Waals surface area contributed by atoms with E-state index in [9.17, 15) is 0 Å². The Labute approximate surface area is 124 Å². The monoisotopic (exact) mass is 323 g/mol. The van der Waals surface area contributed by atoms with E-state index in [4.69, 9.17) is 4.74 Å². The van der Waals surface area contributed by atoms with Gasteiger partial charge < -0.3 is 10.1 Å². The summed E-state index contributed by atoms with van der Waals surface area (Å²) in [6, 6.07) is 6.76. The minimum atomic E-state index is 0.442. The number of fused-ring (bicyclic) bond motifs is 1. The van der Waals surface area contributed by atoms with Crippen LogP contribution in [0.15, 0.2) is 22.7 Å². The molecular formula is C16H22BrNO. The van der Waals surface area contributed by atoms with E-state index in [0.29, 0.717) is 11.5 Å². The predicted octanol–water partition coefficient (Wildman–Crippen LogP) is 4.30. The standard InChI is InChI=1S/C16H22BrNO/c1-11(2)16(6-7-16)10-18-14-5-8-19-15-4-3-12(17)9-13(14)15/h3-4,9,11,14,18H,5-8,10H2,1-2H3. The lowest BCUT2D eigenvalue weighted by atomic mass is 9.91. The Morgan fingerprint density at radius 2 is 2.21 bits per heavy atom. The van der Waals surface area contributed by atoms with E-state index in [1.54, 1.807) is 0 Å². The van der Waals surface area contributed by atoms with Gasteiger partial charge in [0.2, 0.25) is 0 Å². The Morgan fingerprint density at radius 1 is 1.42 bits per heavy atom. The molecule has 1 saturated carbocycles. The van der Waals surface area contributed by atoms with Crippen LogP contribution in [0.25, 0.3) is 0 Å². The zero-order chi connectivity index (χ0) is 13.5. The maximum absolute atomic E-state index is 5.74. The van der Waals surface area contributed by atoms with Gasteiger partial charge in [-0.25, -0.2) is 0 Å². The van der Waals surface area contributed by atoms with Crippen LogP contribution in [-0.4, -0.2) is 13.2 Å². The lowest BCUT2D eigenvalue weighted by Crippen LogP contribution is -2.33. The Kier molecular flexibility index (Phi) is 3.61. The second-order valence-electron chi connectivity index (χ2n) is 6.27. The van der Waals surface area contributed by atoms with Crippen LogP contribution in [0.3, 0.4) is 0 Å². The maximum Gasteiger partial charge on any atom is 0.124 e. The number of halogens is 1. The van der Waals surface area contributed by atoms with Crippen molar-refractivity contribution in [2.45, 2.75) is 39.2 Å². The highest BCUT2D eigenvalue weighted by atomic mass is 79.9. The number of nitrogens with one attached hydrogen (secondary N) is 1. The second-order valence-corrected chi connectivity index (χ2v) is 7.19. The molecule has 1 unspecified atom stereocenters. The first kappa shape index (κ1) is 13.4. The first-order valence-electron chi connectivity index (χ1n) is 7.26. The topological polar surface area (TPSA) is 21.3 Å². The molecule has 0 bridgehead atoms. The minimum Gasteiger partial charge on any atom is -0.493 e. The first-order valence-corrected chi connectivity index (χ1v) is 8.06. The normalized spacial score (nSPS) is 23.9. The summed E-state index contributed by atoms with van der Waals surface area (Å²) in [5.41, 5.74) is 1.87. The first-order chi connectivity index (χ1) is 9.11. The van der Waals surface area contributed by atoms with Crippen LogP contribution < -0.4 is 10.1 Å². The van der Waals surface area contributed by atoms with Gasteiger partial charge in [-0.2, -0.15) is 0 Å². The summed E-state index contributed by atoms with van der Waals surface area (Å²) in [6.07, 6.45) is 3.83. The molecule has 1 N–H and O–H groups in total. The highest BCUT2D eigenvalue weighted by molar-refractivity contribution is 9.10. The molecule has 0 aromatic heterocycles. The van der Waals surface area contributed by atoms with Gasteiger partial charge in [0.15, 0.2) is 0 Å². The van der Waals surface area contributed by atoms with E-state index in [1.807, 2.05) is 0 Å². The number of rotatable bonds is 4. The summed E-state index contributed by atoms with van der Waals surface area (Å²) in [5.74, 6) is 1.82. The van der Waals surface area contributed by atoms with Crippen molar-refractivity contribution in [1.29, 1.82) is 0 Å². The van der Waals surface area contributed by atoms with Crippen LogP contribution in [0, 0.1) is 11.3 Å². The molecule has 1 fully saturated rings. The minimum absolute atomic E-state index is 0.442. The van der Waals surface area contributed by atoms with Crippen LogP contribution in [0.1, 0.15) is 44.7 Å². The van der Waals surface area contributed by atoms with Gasteiger partial charge in [0.05, 0.1) is 6.61 Å². The summed E-state index contributed by atoms with van der Waals surface area (Å²) in [6.45, 7) is 6.66. The molecule has 1 heterocycles. The van der Waals surface area contributed by atoms with Gasteiger partial charge in [0.25, 0.3) is 0 Å². The summed E-state index contributed by atoms with van der Waals surface area (Å²) in [5, 5.41) is 3.79. The zero-order valence-electron chi connectivity index (χ0n) is 11.7. The van der Waals surface area contributed by atoms with Gasteiger partial charge in [-0.3, -0.25) is 0 Å². The third-order valence-electron chi connectivity index (χ3n) is 4.83. The number of hydrogen-bond acceptors (Lipinski definition) is 2. The largest absolute Gasteiger partial charge is 0.493 e. The zero-order valence-corrected chi connectivity index (χ0v) is 13.3. The highest BCUT2D eigenvalue weighted by Crippen LogP contribution is 2.51.